The molecule has 1 unspecified atom stereocenters. The van der Waals surface area contributed by atoms with Gasteiger partial charge in [0, 0.05) is 37.2 Å². The van der Waals surface area contributed by atoms with Gasteiger partial charge in [-0.2, -0.15) is 0 Å². The van der Waals surface area contributed by atoms with Crippen LogP contribution < -0.4 is 5.32 Å². The number of carbonyl (C=O) groups is 2. The standard InChI is InChI=1S/C27H31N3O4/c1-19-8-6-12-23(20(19)2)29-25(31)18-30(17-22-11-7-15-33-22)27(32)14-13-26-28-16-24(34-26)21-9-4-3-5-10-21/h3-6,8-10,12,16,22H,7,11,13-15,17-18H2,1-2H3,(H,29,31). The molecule has 0 radical (unpaired) electrons. The third-order valence-corrected chi connectivity index (χ3v) is 6.18. The quantitative estimate of drug-likeness (QED) is 0.506. The summed E-state index contributed by atoms with van der Waals surface area (Å²) in [5, 5.41) is 2.95. The van der Waals surface area contributed by atoms with Gasteiger partial charge in [-0.25, -0.2) is 4.98 Å². The smallest absolute Gasteiger partial charge is 0.244 e. The molecule has 1 aliphatic rings. The lowest BCUT2D eigenvalue weighted by Crippen LogP contribution is -2.42. The van der Waals surface area contributed by atoms with E-state index >= 15 is 0 Å². The molecule has 1 fully saturated rings. The van der Waals surface area contributed by atoms with E-state index in [4.69, 9.17) is 9.15 Å². The number of nitrogens with zero attached hydrogens (tertiary/aromatic N) is 2. The van der Waals surface area contributed by atoms with Gasteiger partial charge in [0.2, 0.25) is 11.8 Å². The number of anilines is 1. The number of aromatic nitrogens is 1. The number of hydrogen-bond acceptors (Lipinski definition) is 5. The molecule has 1 atom stereocenters. The van der Waals surface area contributed by atoms with Crippen LogP contribution in [0.15, 0.2) is 59.1 Å². The van der Waals surface area contributed by atoms with Crippen molar-refractivity contribution in [3.05, 3.63) is 71.7 Å². The van der Waals surface area contributed by atoms with Gasteiger partial charge >= 0.3 is 0 Å². The molecule has 34 heavy (non-hydrogen) atoms. The molecule has 7 nitrogen and oxygen atoms in total. The predicted octanol–water partition coefficient (Wildman–Crippen LogP) is 4.54. The fourth-order valence-corrected chi connectivity index (χ4v) is 4.07. The van der Waals surface area contributed by atoms with E-state index in [0.29, 0.717) is 31.2 Å². The molecule has 1 saturated heterocycles. The van der Waals surface area contributed by atoms with Crippen LogP contribution in [0.3, 0.4) is 0 Å². The zero-order valence-corrected chi connectivity index (χ0v) is 19.8. The lowest BCUT2D eigenvalue weighted by Gasteiger charge is -2.25. The summed E-state index contributed by atoms with van der Waals surface area (Å²) in [6, 6.07) is 15.5. The molecule has 0 spiro atoms. The van der Waals surface area contributed by atoms with Crippen LogP contribution in [0.4, 0.5) is 5.69 Å². The maximum atomic E-state index is 13.1. The minimum absolute atomic E-state index is 0.0209. The first-order valence-corrected chi connectivity index (χ1v) is 11.7. The molecule has 0 aliphatic carbocycles. The Labute approximate surface area is 200 Å². The first-order valence-electron chi connectivity index (χ1n) is 11.7. The van der Waals surface area contributed by atoms with Gasteiger partial charge in [0.25, 0.3) is 0 Å². The third kappa shape index (κ3) is 6.11. The van der Waals surface area contributed by atoms with Crippen LogP contribution in [0.25, 0.3) is 11.3 Å². The van der Waals surface area contributed by atoms with Crippen molar-refractivity contribution in [3.8, 4) is 11.3 Å². The van der Waals surface area contributed by atoms with Crippen LogP contribution in [-0.4, -0.2) is 47.5 Å². The molecule has 0 bridgehead atoms. The van der Waals surface area contributed by atoms with Gasteiger partial charge in [0.05, 0.1) is 18.8 Å². The number of carbonyl (C=O) groups excluding carboxylic acids is 2. The fraction of sp³-hybridized carbons (Fsp3) is 0.370. The van der Waals surface area contributed by atoms with Gasteiger partial charge in [0.1, 0.15) is 0 Å². The molecule has 1 N–H and O–H groups in total. The summed E-state index contributed by atoms with van der Waals surface area (Å²) in [4.78, 5) is 31.8. The third-order valence-electron chi connectivity index (χ3n) is 6.18. The molecule has 2 aromatic carbocycles. The second kappa shape index (κ2) is 11.1. The van der Waals surface area contributed by atoms with E-state index in [-0.39, 0.29) is 30.9 Å². The predicted molar refractivity (Wildman–Crippen MR) is 130 cm³/mol. The first kappa shape index (κ1) is 23.7. The monoisotopic (exact) mass is 461 g/mol. The summed E-state index contributed by atoms with van der Waals surface area (Å²) in [7, 11) is 0. The van der Waals surface area contributed by atoms with E-state index < -0.39 is 0 Å². The number of benzene rings is 2. The normalized spacial score (nSPS) is 15.3. The second-order valence-electron chi connectivity index (χ2n) is 8.69. The first-order chi connectivity index (χ1) is 16.5. The Kier molecular flexibility index (Phi) is 7.75. The molecule has 1 aromatic heterocycles. The number of oxazole rings is 1. The molecule has 7 heteroatoms. The Morgan fingerprint density at radius 3 is 2.71 bits per heavy atom. The summed E-state index contributed by atoms with van der Waals surface area (Å²) in [6.45, 7) is 5.05. The van der Waals surface area contributed by atoms with Gasteiger partial charge < -0.3 is 19.4 Å². The van der Waals surface area contributed by atoms with Gasteiger partial charge in [0.15, 0.2) is 11.7 Å². The van der Waals surface area contributed by atoms with Crippen molar-refractivity contribution in [3.63, 3.8) is 0 Å². The molecule has 2 amide bonds. The Balaban J connectivity index is 1.38. The number of nitrogens with one attached hydrogen (secondary N) is 1. The van der Waals surface area contributed by atoms with Crippen molar-refractivity contribution in [1.82, 2.24) is 9.88 Å². The summed E-state index contributed by atoms with van der Waals surface area (Å²) in [5.74, 6) is 0.838. The number of aryl methyl sites for hydroxylation is 2. The summed E-state index contributed by atoms with van der Waals surface area (Å²) in [5.41, 5.74) is 3.83. The van der Waals surface area contributed by atoms with E-state index in [1.165, 1.54) is 0 Å². The van der Waals surface area contributed by atoms with Crippen molar-refractivity contribution in [2.75, 3.05) is 25.0 Å². The minimum Gasteiger partial charge on any atom is -0.441 e. The van der Waals surface area contributed by atoms with Crippen LogP contribution in [0.5, 0.6) is 0 Å². The maximum absolute atomic E-state index is 13.1. The van der Waals surface area contributed by atoms with Crippen molar-refractivity contribution >= 4 is 17.5 Å². The Morgan fingerprint density at radius 1 is 1.12 bits per heavy atom. The zero-order valence-electron chi connectivity index (χ0n) is 19.8. The van der Waals surface area contributed by atoms with Crippen LogP contribution in [-0.2, 0) is 20.7 Å². The fourth-order valence-electron chi connectivity index (χ4n) is 4.07. The van der Waals surface area contributed by atoms with E-state index in [0.717, 1.165) is 35.2 Å². The highest BCUT2D eigenvalue weighted by Gasteiger charge is 2.25. The van der Waals surface area contributed by atoms with Crippen molar-refractivity contribution < 1.29 is 18.7 Å². The molecule has 2 heterocycles. The lowest BCUT2D eigenvalue weighted by atomic mass is 10.1. The SMILES string of the molecule is Cc1cccc(NC(=O)CN(CC2CCCO2)C(=O)CCc2ncc(-c3ccccc3)o2)c1C. The van der Waals surface area contributed by atoms with E-state index in [1.807, 2.05) is 62.4 Å². The van der Waals surface area contributed by atoms with Crippen LogP contribution >= 0.6 is 0 Å². The topological polar surface area (TPSA) is 84.7 Å². The van der Waals surface area contributed by atoms with E-state index in [1.54, 1.807) is 11.1 Å². The zero-order chi connectivity index (χ0) is 23.9. The van der Waals surface area contributed by atoms with Crippen molar-refractivity contribution in [2.45, 2.75) is 45.6 Å². The summed E-state index contributed by atoms with van der Waals surface area (Å²) in [6.07, 6.45) is 4.08. The molecule has 0 saturated carbocycles. The molecule has 3 aromatic rings. The Bertz CT molecular complexity index is 1120. The minimum atomic E-state index is -0.220. The van der Waals surface area contributed by atoms with E-state index in [2.05, 4.69) is 10.3 Å². The highest BCUT2D eigenvalue weighted by Crippen LogP contribution is 2.21. The molecular formula is C27H31N3O4. The number of hydrogen-bond donors (Lipinski definition) is 1. The summed E-state index contributed by atoms with van der Waals surface area (Å²) >= 11 is 0. The summed E-state index contributed by atoms with van der Waals surface area (Å²) < 4.78 is 11.6. The number of ether oxygens (including phenoxy) is 1. The maximum Gasteiger partial charge on any atom is 0.244 e. The number of rotatable bonds is 9. The molecule has 1 aliphatic heterocycles. The average Bonchev–Trinajstić information content (AvgIpc) is 3.53. The van der Waals surface area contributed by atoms with Crippen molar-refractivity contribution in [1.29, 1.82) is 0 Å². The lowest BCUT2D eigenvalue weighted by molar-refractivity contribution is -0.136. The van der Waals surface area contributed by atoms with Crippen LogP contribution in [0, 0.1) is 13.8 Å². The van der Waals surface area contributed by atoms with Gasteiger partial charge in [-0.3, -0.25) is 9.59 Å². The largest absolute Gasteiger partial charge is 0.441 e. The highest BCUT2D eigenvalue weighted by molar-refractivity contribution is 5.95. The van der Waals surface area contributed by atoms with E-state index in [9.17, 15) is 9.59 Å². The second-order valence-corrected chi connectivity index (χ2v) is 8.69. The Morgan fingerprint density at radius 2 is 1.94 bits per heavy atom. The highest BCUT2D eigenvalue weighted by atomic mass is 16.5. The number of amides is 2. The van der Waals surface area contributed by atoms with Crippen molar-refractivity contribution in [2.24, 2.45) is 0 Å². The Hall–Kier alpha value is -3.45. The van der Waals surface area contributed by atoms with Gasteiger partial charge in [-0.05, 0) is 43.9 Å². The molecular weight excluding hydrogens is 430 g/mol. The van der Waals surface area contributed by atoms with Crippen LogP contribution in [0.1, 0.15) is 36.3 Å². The van der Waals surface area contributed by atoms with Crippen LogP contribution in [0.2, 0.25) is 0 Å². The molecule has 178 valence electrons. The van der Waals surface area contributed by atoms with Gasteiger partial charge in [-0.15, -0.1) is 0 Å². The molecule has 4 rings (SSSR count). The average molecular weight is 462 g/mol. The van der Waals surface area contributed by atoms with Gasteiger partial charge in [-0.1, -0.05) is 42.5 Å².